The third kappa shape index (κ3) is 4.03. The Bertz CT molecular complexity index is 956. The highest BCUT2D eigenvalue weighted by Gasteiger charge is 2.17. The van der Waals surface area contributed by atoms with Crippen molar-refractivity contribution in [3.05, 3.63) is 60.3 Å². The van der Waals surface area contributed by atoms with Crippen LogP contribution in [-0.4, -0.2) is 35.7 Å². The fourth-order valence-corrected chi connectivity index (χ4v) is 2.96. The Morgan fingerprint density at radius 2 is 2.19 bits per heavy atom. The van der Waals surface area contributed by atoms with Gasteiger partial charge in [0.25, 0.3) is 5.91 Å². The van der Waals surface area contributed by atoms with E-state index < -0.39 is 11.7 Å². The molecule has 3 aromatic rings. The molecule has 0 radical (unpaired) electrons. The minimum atomic E-state index is -0.485. The maximum atomic E-state index is 12.9. The maximum absolute atomic E-state index is 12.9. The van der Waals surface area contributed by atoms with Gasteiger partial charge in [-0.1, -0.05) is 0 Å². The van der Waals surface area contributed by atoms with Crippen LogP contribution in [0.5, 0.6) is 5.88 Å². The Balaban J connectivity index is 1.50. The molecule has 1 aromatic carbocycles. The van der Waals surface area contributed by atoms with Crippen molar-refractivity contribution >= 4 is 22.4 Å². The molecule has 0 aliphatic carbocycles. The Hall–Kier alpha value is -3.06. The first-order valence-corrected chi connectivity index (χ1v) is 8.71. The summed E-state index contributed by atoms with van der Waals surface area (Å²) in [4.78, 5) is 20.3. The van der Waals surface area contributed by atoms with E-state index in [1.807, 2.05) is 18.2 Å². The number of amides is 1. The predicted octanol–water partition coefficient (Wildman–Crippen LogP) is 3.44. The number of aromatic nitrogens is 2. The molecule has 7 heteroatoms. The number of rotatable bonds is 5. The molecule has 2 aromatic heterocycles. The van der Waals surface area contributed by atoms with Gasteiger partial charge in [0.15, 0.2) is 0 Å². The summed E-state index contributed by atoms with van der Waals surface area (Å²) in [5, 5.41) is 4.53. The van der Waals surface area contributed by atoms with Crippen LogP contribution in [-0.2, 0) is 4.74 Å². The van der Waals surface area contributed by atoms with Crippen LogP contribution in [0.2, 0.25) is 0 Å². The second-order valence-corrected chi connectivity index (χ2v) is 6.41. The maximum Gasteiger partial charge on any atom is 0.274 e. The first-order valence-electron chi connectivity index (χ1n) is 8.71. The number of hydrogen-bond acceptors (Lipinski definition) is 5. The fourth-order valence-electron chi connectivity index (χ4n) is 2.96. The summed E-state index contributed by atoms with van der Waals surface area (Å²) in [6.07, 6.45) is 3.69. The van der Waals surface area contributed by atoms with Gasteiger partial charge in [-0.25, -0.2) is 14.4 Å². The molecule has 1 atom stereocenters. The molecule has 0 saturated carbocycles. The number of fused-ring (bicyclic) bond motifs is 1. The number of nitrogens with zero attached hydrogens (tertiary/aromatic N) is 2. The van der Waals surface area contributed by atoms with Crippen molar-refractivity contribution in [3.63, 3.8) is 0 Å². The predicted molar refractivity (Wildman–Crippen MR) is 98.3 cm³/mol. The van der Waals surface area contributed by atoms with E-state index in [4.69, 9.17) is 9.47 Å². The zero-order valence-electron chi connectivity index (χ0n) is 14.5. The Labute approximate surface area is 155 Å². The first-order chi connectivity index (χ1) is 13.2. The first kappa shape index (κ1) is 17.4. The highest BCUT2D eigenvalue weighted by Crippen LogP contribution is 2.27. The number of anilines is 1. The fraction of sp³-hybridized carbons (Fsp3) is 0.250. The molecule has 3 heterocycles. The molecule has 27 heavy (non-hydrogen) atoms. The van der Waals surface area contributed by atoms with E-state index in [1.165, 1.54) is 12.1 Å². The lowest BCUT2D eigenvalue weighted by Crippen LogP contribution is -2.13. The lowest BCUT2D eigenvalue weighted by Gasteiger charge is -2.12. The SMILES string of the molecule is O=C(Nc1ccc2c(OCC3CCOC3)nccc2c1)c1ccc(F)cn1. The Morgan fingerprint density at radius 3 is 2.96 bits per heavy atom. The molecular weight excluding hydrogens is 349 g/mol. The number of benzene rings is 1. The zero-order chi connectivity index (χ0) is 18.6. The van der Waals surface area contributed by atoms with Gasteiger partial charge in [0.1, 0.15) is 11.5 Å². The largest absolute Gasteiger partial charge is 0.477 e. The van der Waals surface area contributed by atoms with Crippen LogP contribution in [0.15, 0.2) is 48.8 Å². The third-order valence-electron chi connectivity index (χ3n) is 4.43. The van der Waals surface area contributed by atoms with Crippen molar-refractivity contribution in [1.82, 2.24) is 9.97 Å². The molecule has 0 spiro atoms. The second kappa shape index (κ2) is 7.67. The number of nitrogens with one attached hydrogen (secondary N) is 1. The number of carbonyl (C=O) groups is 1. The van der Waals surface area contributed by atoms with Gasteiger partial charge >= 0.3 is 0 Å². The van der Waals surface area contributed by atoms with E-state index in [0.717, 1.165) is 36.6 Å². The molecule has 0 bridgehead atoms. The number of halogens is 1. The summed E-state index contributed by atoms with van der Waals surface area (Å²) >= 11 is 0. The topological polar surface area (TPSA) is 73.3 Å². The molecule has 4 rings (SSSR count). The van der Waals surface area contributed by atoms with Crippen LogP contribution in [0.4, 0.5) is 10.1 Å². The lowest BCUT2D eigenvalue weighted by atomic mass is 10.1. The Morgan fingerprint density at radius 1 is 1.26 bits per heavy atom. The van der Waals surface area contributed by atoms with Crippen molar-refractivity contribution in [2.75, 3.05) is 25.1 Å². The minimum absolute atomic E-state index is 0.147. The van der Waals surface area contributed by atoms with Gasteiger partial charge < -0.3 is 14.8 Å². The second-order valence-electron chi connectivity index (χ2n) is 6.41. The van der Waals surface area contributed by atoms with Crippen LogP contribution >= 0.6 is 0 Å². The summed E-state index contributed by atoms with van der Waals surface area (Å²) in [6, 6.07) is 9.87. The van der Waals surface area contributed by atoms with Crippen LogP contribution in [0.3, 0.4) is 0 Å². The quantitative estimate of drug-likeness (QED) is 0.748. The number of ether oxygens (including phenoxy) is 2. The summed E-state index contributed by atoms with van der Waals surface area (Å²) in [5.41, 5.74) is 0.758. The molecule has 1 unspecified atom stereocenters. The summed E-state index contributed by atoms with van der Waals surface area (Å²) in [7, 11) is 0. The average molecular weight is 367 g/mol. The van der Waals surface area contributed by atoms with Gasteiger partial charge in [0.2, 0.25) is 5.88 Å². The van der Waals surface area contributed by atoms with Crippen LogP contribution in [0.25, 0.3) is 10.8 Å². The monoisotopic (exact) mass is 367 g/mol. The standard InChI is InChI=1S/C20H18FN3O3/c21-15-1-4-18(23-10-15)19(25)24-16-2-3-17-14(9-16)5-7-22-20(17)27-12-13-6-8-26-11-13/h1-5,7,9-10,13H,6,8,11-12H2,(H,24,25). The highest BCUT2D eigenvalue weighted by atomic mass is 19.1. The highest BCUT2D eigenvalue weighted by molar-refractivity contribution is 6.04. The molecule has 1 aliphatic rings. The van der Waals surface area contributed by atoms with Crippen molar-refractivity contribution in [2.45, 2.75) is 6.42 Å². The van der Waals surface area contributed by atoms with Crippen molar-refractivity contribution in [1.29, 1.82) is 0 Å². The molecule has 1 fully saturated rings. The van der Waals surface area contributed by atoms with Gasteiger partial charge in [-0.3, -0.25) is 4.79 Å². The number of pyridine rings is 2. The van der Waals surface area contributed by atoms with E-state index in [2.05, 4.69) is 15.3 Å². The summed E-state index contributed by atoms with van der Waals surface area (Å²) in [5.74, 6) is 0.0730. The van der Waals surface area contributed by atoms with Crippen LogP contribution < -0.4 is 10.1 Å². The van der Waals surface area contributed by atoms with Crippen molar-refractivity contribution < 1.29 is 18.7 Å². The molecule has 1 aliphatic heterocycles. The average Bonchev–Trinajstić information content (AvgIpc) is 3.20. The van der Waals surface area contributed by atoms with Gasteiger partial charge in [-0.15, -0.1) is 0 Å². The van der Waals surface area contributed by atoms with Gasteiger partial charge in [-0.2, -0.15) is 0 Å². The van der Waals surface area contributed by atoms with E-state index in [9.17, 15) is 9.18 Å². The summed E-state index contributed by atoms with van der Waals surface area (Å²) in [6.45, 7) is 2.07. The number of carbonyl (C=O) groups excluding carboxylic acids is 1. The van der Waals surface area contributed by atoms with Crippen LogP contribution in [0, 0.1) is 11.7 Å². The third-order valence-corrected chi connectivity index (χ3v) is 4.43. The Kier molecular flexibility index (Phi) is 4.93. The summed E-state index contributed by atoms with van der Waals surface area (Å²) < 4.78 is 24.2. The number of hydrogen-bond donors (Lipinski definition) is 1. The molecule has 138 valence electrons. The molecule has 1 N–H and O–H groups in total. The smallest absolute Gasteiger partial charge is 0.274 e. The van der Waals surface area contributed by atoms with Gasteiger partial charge in [-0.05, 0) is 48.2 Å². The van der Waals surface area contributed by atoms with Crippen molar-refractivity contribution in [3.8, 4) is 5.88 Å². The van der Waals surface area contributed by atoms with Gasteiger partial charge in [0.05, 0.1) is 19.4 Å². The van der Waals surface area contributed by atoms with Crippen LogP contribution in [0.1, 0.15) is 16.9 Å². The van der Waals surface area contributed by atoms with Gasteiger partial charge in [0, 0.05) is 29.8 Å². The van der Waals surface area contributed by atoms with E-state index >= 15 is 0 Å². The molecule has 1 amide bonds. The minimum Gasteiger partial charge on any atom is -0.477 e. The van der Waals surface area contributed by atoms with E-state index in [-0.39, 0.29) is 5.69 Å². The zero-order valence-corrected chi connectivity index (χ0v) is 14.5. The molecule has 1 saturated heterocycles. The van der Waals surface area contributed by atoms with E-state index in [0.29, 0.717) is 24.1 Å². The normalized spacial score (nSPS) is 16.4. The molecule has 6 nitrogen and oxygen atoms in total. The molecular formula is C20H18FN3O3. The van der Waals surface area contributed by atoms with E-state index in [1.54, 1.807) is 12.3 Å². The van der Waals surface area contributed by atoms with Crippen molar-refractivity contribution in [2.24, 2.45) is 5.92 Å². The lowest BCUT2D eigenvalue weighted by molar-refractivity contribution is 0.102.